The summed E-state index contributed by atoms with van der Waals surface area (Å²) in [5.74, 6) is 0.0843. The Morgan fingerprint density at radius 3 is 2.06 bits per heavy atom. The van der Waals surface area contributed by atoms with E-state index in [1.54, 1.807) is 0 Å². The van der Waals surface area contributed by atoms with Crippen LogP contribution in [0.3, 0.4) is 0 Å². The minimum absolute atomic E-state index is 0.0843. The molecule has 0 radical (unpaired) electrons. The molecule has 1 aliphatic rings. The highest BCUT2D eigenvalue weighted by Gasteiger charge is 2.39. The lowest BCUT2D eigenvalue weighted by molar-refractivity contribution is -0.123. The van der Waals surface area contributed by atoms with Crippen molar-refractivity contribution in [2.75, 3.05) is 0 Å². The van der Waals surface area contributed by atoms with Crippen LogP contribution in [0, 0.1) is 10.8 Å². The summed E-state index contributed by atoms with van der Waals surface area (Å²) in [6.07, 6.45) is 3.74. The van der Waals surface area contributed by atoms with Crippen LogP contribution in [0.25, 0.3) is 0 Å². The first-order valence-corrected chi connectivity index (χ1v) is 6.97. The van der Waals surface area contributed by atoms with Gasteiger partial charge < -0.3 is 11.1 Å². The third kappa shape index (κ3) is 5.38. The summed E-state index contributed by atoms with van der Waals surface area (Å²) in [5, 5.41) is 3.17. The van der Waals surface area contributed by atoms with E-state index in [4.69, 9.17) is 5.73 Å². The standard InChI is InChI=1S/C15H30N2O/c1-13(2)7-11(8-14(3,4)10-13)17-12(18)9-15(5,6)16/h11H,7-10,16H2,1-6H3,(H,17,18). The minimum atomic E-state index is -0.427. The molecule has 18 heavy (non-hydrogen) atoms. The molecule has 3 heteroatoms. The van der Waals surface area contributed by atoms with Crippen LogP contribution in [0.5, 0.6) is 0 Å². The first-order chi connectivity index (χ1) is 7.89. The number of carbonyl (C=O) groups excluding carboxylic acids is 1. The van der Waals surface area contributed by atoms with Crippen molar-refractivity contribution in [1.82, 2.24) is 5.32 Å². The maximum Gasteiger partial charge on any atom is 0.222 e. The second-order valence-electron chi connectivity index (χ2n) is 8.34. The predicted molar refractivity (Wildman–Crippen MR) is 76.2 cm³/mol. The van der Waals surface area contributed by atoms with Gasteiger partial charge in [0.05, 0.1) is 0 Å². The van der Waals surface area contributed by atoms with Gasteiger partial charge in [-0.3, -0.25) is 4.79 Å². The minimum Gasteiger partial charge on any atom is -0.353 e. The van der Waals surface area contributed by atoms with Crippen molar-refractivity contribution >= 4 is 5.91 Å². The average molecular weight is 254 g/mol. The van der Waals surface area contributed by atoms with Crippen molar-refractivity contribution < 1.29 is 4.79 Å². The number of hydrogen-bond acceptors (Lipinski definition) is 2. The van der Waals surface area contributed by atoms with Crippen LogP contribution >= 0.6 is 0 Å². The van der Waals surface area contributed by atoms with Gasteiger partial charge in [-0.25, -0.2) is 0 Å². The highest BCUT2D eigenvalue weighted by Crippen LogP contribution is 2.45. The molecule has 0 saturated heterocycles. The first-order valence-electron chi connectivity index (χ1n) is 6.97. The summed E-state index contributed by atoms with van der Waals surface area (Å²) in [6.45, 7) is 12.9. The highest BCUT2D eigenvalue weighted by molar-refractivity contribution is 5.77. The molecular weight excluding hydrogens is 224 g/mol. The van der Waals surface area contributed by atoms with Gasteiger partial charge >= 0.3 is 0 Å². The Balaban J connectivity index is 2.59. The molecule has 0 atom stereocenters. The Kier molecular flexibility index (Phi) is 4.16. The number of amides is 1. The summed E-state index contributed by atoms with van der Waals surface area (Å²) in [7, 11) is 0. The van der Waals surface area contributed by atoms with E-state index >= 15 is 0 Å². The molecule has 3 nitrogen and oxygen atoms in total. The molecule has 0 unspecified atom stereocenters. The molecule has 0 heterocycles. The molecule has 1 aliphatic carbocycles. The number of carbonyl (C=O) groups is 1. The predicted octanol–water partition coefficient (Wildman–Crippen LogP) is 2.83. The van der Waals surface area contributed by atoms with Crippen LogP contribution in [0.4, 0.5) is 0 Å². The Labute approximate surface area is 112 Å². The van der Waals surface area contributed by atoms with Gasteiger partial charge in [0.25, 0.3) is 0 Å². The fourth-order valence-corrected chi connectivity index (χ4v) is 3.64. The monoisotopic (exact) mass is 254 g/mol. The van der Waals surface area contributed by atoms with Crippen molar-refractivity contribution in [3.8, 4) is 0 Å². The molecule has 0 aliphatic heterocycles. The lowest BCUT2D eigenvalue weighted by atomic mass is 9.63. The van der Waals surface area contributed by atoms with E-state index < -0.39 is 5.54 Å². The van der Waals surface area contributed by atoms with Gasteiger partial charge in [-0.15, -0.1) is 0 Å². The van der Waals surface area contributed by atoms with Crippen molar-refractivity contribution in [2.45, 2.75) is 78.8 Å². The zero-order valence-electron chi connectivity index (χ0n) is 12.9. The summed E-state index contributed by atoms with van der Waals surface area (Å²) in [4.78, 5) is 12.0. The van der Waals surface area contributed by atoms with Crippen LogP contribution in [-0.4, -0.2) is 17.5 Å². The zero-order chi connectivity index (χ0) is 14.2. The number of rotatable bonds is 3. The van der Waals surface area contributed by atoms with Gasteiger partial charge in [0.1, 0.15) is 0 Å². The number of hydrogen-bond donors (Lipinski definition) is 2. The summed E-state index contributed by atoms with van der Waals surface area (Å²) >= 11 is 0. The molecule has 1 rings (SSSR count). The SMILES string of the molecule is CC(C)(N)CC(=O)NC1CC(C)(C)CC(C)(C)C1. The normalized spacial score (nSPS) is 23.7. The quantitative estimate of drug-likeness (QED) is 0.813. The molecule has 0 aromatic heterocycles. The lowest BCUT2D eigenvalue weighted by Gasteiger charge is -2.45. The molecule has 106 valence electrons. The van der Waals surface area contributed by atoms with E-state index in [9.17, 15) is 4.79 Å². The fraction of sp³-hybridized carbons (Fsp3) is 0.933. The Bertz CT molecular complexity index is 297. The third-order valence-electron chi connectivity index (χ3n) is 3.54. The topological polar surface area (TPSA) is 55.1 Å². The molecule has 0 spiro atoms. The van der Waals surface area contributed by atoms with E-state index in [0.29, 0.717) is 23.3 Å². The van der Waals surface area contributed by atoms with Gasteiger partial charge in [-0.05, 0) is 43.9 Å². The van der Waals surface area contributed by atoms with E-state index in [1.807, 2.05) is 13.8 Å². The number of nitrogens with two attached hydrogens (primary N) is 1. The fourth-order valence-electron chi connectivity index (χ4n) is 3.64. The molecule has 3 N–H and O–H groups in total. The Morgan fingerprint density at radius 1 is 1.22 bits per heavy atom. The second-order valence-corrected chi connectivity index (χ2v) is 8.34. The van der Waals surface area contributed by atoms with Crippen LogP contribution in [0.1, 0.15) is 67.2 Å². The summed E-state index contributed by atoms with van der Waals surface area (Å²) in [6, 6.07) is 0.290. The first kappa shape index (κ1) is 15.5. The van der Waals surface area contributed by atoms with Gasteiger partial charge in [0, 0.05) is 18.0 Å². The molecule has 0 aromatic rings. The maximum absolute atomic E-state index is 12.0. The third-order valence-corrected chi connectivity index (χ3v) is 3.54. The number of nitrogens with one attached hydrogen (secondary N) is 1. The summed E-state index contributed by atoms with van der Waals surface area (Å²) in [5.41, 5.74) is 6.07. The molecule has 0 aromatic carbocycles. The summed E-state index contributed by atoms with van der Waals surface area (Å²) < 4.78 is 0. The Hall–Kier alpha value is -0.570. The van der Waals surface area contributed by atoms with Crippen molar-refractivity contribution in [3.05, 3.63) is 0 Å². The van der Waals surface area contributed by atoms with Crippen LogP contribution < -0.4 is 11.1 Å². The van der Waals surface area contributed by atoms with E-state index in [2.05, 4.69) is 33.0 Å². The molecule has 1 amide bonds. The second kappa shape index (κ2) is 4.84. The van der Waals surface area contributed by atoms with Gasteiger partial charge in [0.2, 0.25) is 5.91 Å². The van der Waals surface area contributed by atoms with E-state index in [1.165, 1.54) is 6.42 Å². The van der Waals surface area contributed by atoms with E-state index in [-0.39, 0.29) is 5.91 Å². The van der Waals surface area contributed by atoms with Crippen molar-refractivity contribution in [3.63, 3.8) is 0 Å². The van der Waals surface area contributed by atoms with Crippen LogP contribution in [0.15, 0.2) is 0 Å². The Morgan fingerprint density at radius 2 is 1.67 bits per heavy atom. The van der Waals surface area contributed by atoms with Gasteiger partial charge in [-0.2, -0.15) is 0 Å². The largest absolute Gasteiger partial charge is 0.353 e. The maximum atomic E-state index is 12.0. The molecular formula is C15H30N2O. The van der Waals surface area contributed by atoms with Crippen LogP contribution in [0.2, 0.25) is 0 Å². The van der Waals surface area contributed by atoms with Gasteiger partial charge in [0.15, 0.2) is 0 Å². The molecule has 1 saturated carbocycles. The zero-order valence-corrected chi connectivity index (χ0v) is 12.9. The smallest absolute Gasteiger partial charge is 0.222 e. The van der Waals surface area contributed by atoms with Gasteiger partial charge in [-0.1, -0.05) is 27.7 Å². The average Bonchev–Trinajstić information content (AvgIpc) is 1.90. The molecule has 1 fully saturated rings. The highest BCUT2D eigenvalue weighted by atomic mass is 16.1. The van der Waals surface area contributed by atoms with Crippen molar-refractivity contribution in [1.29, 1.82) is 0 Å². The van der Waals surface area contributed by atoms with E-state index in [0.717, 1.165) is 12.8 Å². The molecule has 0 bridgehead atoms. The lowest BCUT2D eigenvalue weighted by Crippen LogP contribution is -2.48. The van der Waals surface area contributed by atoms with Crippen LogP contribution in [-0.2, 0) is 4.79 Å². The van der Waals surface area contributed by atoms with Crippen molar-refractivity contribution in [2.24, 2.45) is 16.6 Å².